The number of pyridine rings is 1. The largest absolute Gasteiger partial charge is 0.453 e. The summed E-state index contributed by atoms with van der Waals surface area (Å²) in [6.45, 7) is 0. The molecule has 0 amide bonds. The van der Waals surface area contributed by atoms with Crippen LogP contribution in [0.2, 0.25) is 0 Å². The zero-order valence-corrected chi connectivity index (χ0v) is 30.2. The molecule has 0 bridgehead atoms. The Hall–Kier alpha value is -7.63. The lowest BCUT2D eigenvalue weighted by Gasteiger charge is -2.13. The van der Waals surface area contributed by atoms with E-state index in [4.69, 9.17) is 19.4 Å². The Morgan fingerprint density at radius 2 is 0.982 bits per heavy atom. The molecule has 5 heteroatoms. The SMILES string of the molecule is c1ccc(-c2cc(-c3ccc(-c4cccc5nc(-c6ccccc6)c6c(oc7c8ccccc8n(-c8ccccc8)c76)c45)cc3)nc(-c3ccccc3)n2)cc1. The molecule has 0 spiro atoms. The molecule has 11 rings (SSSR count). The van der Waals surface area contributed by atoms with Crippen LogP contribution in [0.5, 0.6) is 0 Å². The fourth-order valence-electron chi connectivity index (χ4n) is 8.02. The standard InChI is InChI=1S/C51H32N4O/c1-5-16-34(17-6-1)42-32-43(54-51(53-42)37-20-9-3-10-21-37)35-30-28-33(29-31-35)39-25-15-26-41-45(39)50-46(47(52-41)36-18-7-2-8-19-36)48-49(56-50)40-24-13-14-27-44(40)55(48)38-22-11-4-12-23-38/h1-32H. The van der Waals surface area contributed by atoms with Gasteiger partial charge in [-0.05, 0) is 47.5 Å². The van der Waals surface area contributed by atoms with Gasteiger partial charge in [0, 0.05) is 33.3 Å². The highest BCUT2D eigenvalue weighted by Crippen LogP contribution is 2.46. The summed E-state index contributed by atoms with van der Waals surface area (Å²) in [5.41, 5.74) is 14.5. The molecular weight excluding hydrogens is 685 g/mol. The molecule has 56 heavy (non-hydrogen) atoms. The summed E-state index contributed by atoms with van der Waals surface area (Å²) in [6.07, 6.45) is 0. The van der Waals surface area contributed by atoms with Gasteiger partial charge >= 0.3 is 0 Å². The first-order valence-electron chi connectivity index (χ1n) is 18.8. The van der Waals surface area contributed by atoms with Crippen molar-refractivity contribution in [2.75, 3.05) is 0 Å². The molecule has 0 aliphatic heterocycles. The van der Waals surface area contributed by atoms with E-state index in [1.807, 2.05) is 42.5 Å². The van der Waals surface area contributed by atoms with Crippen LogP contribution in [0.15, 0.2) is 199 Å². The first-order chi connectivity index (χ1) is 27.8. The van der Waals surface area contributed by atoms with Crippen molar-refractivity contribution in [1.82, 2.24) is 19.5 Å². The predicted octanol–water partition coefficient (Wildman–Crippen LogP) is 13.2. The van der Waals surface area contributed by atoms with E-state index in [-0.39, 0.29) is 0 Å². The van der Waals surface area contributed by atoms with E-state index < -0.39 is 0 Å². The second-order valence-corrected chi connectivity index (χ2v) is 14.0. The third-order valence-electron chi connectivity index (χ3n) is 10.6. The molecule has 5 nitrogen and oxygen atoms in total. The van der Waals surface area contributed by atoms with Crippen LogP contribution in [0.1, 0.15) is 0 Å². The van der Waals surface area contributed by atoms with Crippen LogP contribution in [-0.4, -0.2) is 19.5 Å². The van der Waals surface area contributed by atoms with E-state index in [0.29, 0.717) is 5.82 Å². The lowest BCUT2D eigenvalue weighted by atomic mass is 9.96. The minimum Gasteiger partial charge on any atom is -0.453 e. The molecule has 4 aromatic heterocycles. The molecule has 0 saturated heterocycles. The topological polar surface area (TPSA) is 56.7 Å². The van der Waals surface area contributed by atoms with E-state index >= 15 is 0 Å². The molecule has 0 unspecified atom stereocenters. The summed E-state index contributed by atoms with van der Waals surface area (Å²) in [7, 11) is 0. The molecule has 0 saturated carbocycles. The van der Waals surface area contributed by atoms with Crippen molar-refractivity contribution < 1.29 is 4.42 Å². The summed E-state index contributed by atoms with van der Waals surface area (Å²) < 4.78 is 9.45. The molecule has 4 heterocycles. The summed E-state index contributed by atoms with van der Waals surface area (Å²) in [4.78, 5) is 15.5. The number of rotatable bonds is 6. The molecule has 262 valence electrons. The van der Waals surface area contributed by atoms with Gasteiger partial charge in [-0.25, -0.2) is 15.0 Å². The molecule has 0 atom stereocenters. The Kier molecular flexibility index (Phi) is 7.42. The summed E-state index contributed by atoms with van der Waals surface area (Å²) in [5, 5.41) is 3.03. The number of nitrogens with zero attached hydrogens (tertiary/aromatic N) is 4. The van der Waals surface area contributed by atoms with Crippen LogP contribution in [0.4, 0.5) is 0 Å². The van der Waals surface area contributed by atoms with Crippen LogP contribution in [0.3, 0.4) is 0 Å². The summed E-state index contributed by atoms with van der Waals surface area (Å²) in [5.74, 6) is 0.694. The van der Waals surface area contributed by atoms with E-state index in [0.717, 1.165) is 100 Å². The van der Waals surface area contributed by atoms with Crippen LogP contribution < -0.4 is 0 Å². The molecule has 0 N–H and O–H groups in total. The molecule has 11 aromatic rings. The van der Waals surface area contributed by atoms with Gasteiger partial charge in [-0.3, -0.25) is 0 Å². The van der Waals surface area contributed by atoms with Crippen LogP contribution in [-0.2, 0) is 0 Å². The van der Waals surface area contributed by atoms with Crippen molar-refractivity contribution in [2.24, 2.45) is 0 Å². The van der Waals surface area contributed by atoms with Crippen molar-refractivity contribution >= 4 is 43.9 Å². The third-order valence-corrected chi connectivity index (χ3v) is 10.6. The maximum Gasteiger partial charge on any atom is 0.161 e. The number of fused-ring (bicyclic) bond motifs is 7. The van der Waals surface area contributed by atoms with Gasteiger partial charge < -0.3 is 8.98 Å². The van der Waals surface area contributed by atoms with E-state index in [2.05, 4.69) is 156 Å². The zero-order chi connectivity index (χ0) is 37.0. The normalized spacial score (nSPS) is 11.6. The quantitative estimate of drug-likeness (QED) is 0.172. The number of hydrogen-bond acceptors (Lipinski definition) is 4. The minimum absolute atomic E-state index is 0.694. The van der Waals surface area contributed by atoms with Crippen LogP contribution >= 0.6 is 0 Å². The summed E-state index contributed by atoms with van der Waals surface area (Å²) >= 11 is 0. The number of benzene rings is 7. The highest BCUT2D eigenvalue weighted by atomic mass is 16.3. The Bertz CT molecular complexity index is 3150. The van der Waals surface area contributed by atoms with Gasteiger partial charge in [0.2, 0.25) is 0 Å². The Balaban J connectivity index is 1.13. The second kappa shape index (κ2) is 13.0. The molecule has 0 radical (unpaired) electrons. The minimum atomic E-state index is 0.694. The predicted molar refractivity (Wildman–Crippen MR) is 229 cm³/mol. The van der Waals surface area contributed by atoms with Gasteiger partial charge in [0.25, 0.3) is 0 Å². The van der Waals surface area contributed by atoms with Crippen LogP contribution in [0.25, 0.3) is 106 Å². The van der Waals surface area contributed by atoms with Gasteiger partial charge in [0.1, 0.15) is 11.1 Å². The van der Waals surface area contributed by atoms with E-state index in [1.54, 1.807) is 0 Å². The number of furan rings is 1. The summed E-state index contributed by atoms with van der Waals surface area (Å²) in [6, 6.07) is 66.9. The maximum absolute atomic E-state index is 7.13. The highest BCUT2D eigenvalue weighted by molar-refractivity contribution is 6.26. The van der Waals surface area contributed by atoms with Gasteiger partial charge in [-0.1, -0.05) is 158 Å². The van der Waals surface area contributed by atoms with Crippen molar-refractivity contribution in [3.8, 4) is 62.0 Å². The maximum atomic E-state index is 7.13. The van der Waals surface area contributed by atoms with Crippen LogP contribution in [0, 0.1) is 0 Å². The van der Waals surface area contributed by atoms with Gasteiger partial charge in [-0.15, -0.1) is 0 Å². The molecule has 0 fully saturated rings. The molecule has 0 aliphatic rings. The Labute approximate surface area is 322 Å². The van der Waals surface area contributed by atoms with Gasteiger partial charge in [0.15, 0.2) is 11.4 Å². The fourth-order valence-corrected chi connectivity index (χ4v) is 8.02. The van der Waals surface area contributed by atoms with E-state index in [1.165, 1.54) is 0 Å². The monoisotopic (exact) mass is 716 g/mol. The van der Waals surface area contributed by atoms with E-state index in [9.17, 15) is 0 Å². The lowest BCUT2D eigenvalue weighted by Crippen LogP contribution is -1.96. The molecule has 7 aromatic carbocycles. The Morgan fingerprint density at radius 3 is 1.68 bits per heavy atom. The Morgan fingerprint density at radius 1 is 0.411 bits per heavy atom. The third kappa shape index (κ3) is 5.21. The average Bonchev–Trinajstić information content (AvgIpc) is 3.82. The first kappa shape index (κ1) is 31.9. The molecule has 0 aliphatic carbocycles. The van der Waals surface area contributed by atoms with Crippen molar-refractivity contribution in [3.05, 3.63) is 194 Å². The first-order valence-corrected chi connectivity index (χ1v) is 18.8. The zero-order valence-electron chi connectivity index (χ0n) is 30.2. The lowest BCUT2D eigenvalue weighted by molar-refractivity contribution is 0.676. The second-order valence-electron chi connectivity index (χ2n) is 14.0. The number of hydrogen-bond donors (Lipinski definition) is 0. The number of para-hydroxylation sites is 2. The molecular formula is C51H32N4O. The van der Waals surface area contributed by atoms with Gasteiger partial charge in [0.05, 0.1) is 38.9 Å². The fraction of sp³-hybridized carbons (Fsp3) is 0. The van der Waals surface area contributed by atoms with Crippen molar-refractivity contribution in [1.29, 1.82) is 0 Å². The van der Waals surface area contributed by atoms with Crippen molar-refractivity contribution in [2.45, 2.75) is 0 Å². The van der Waals surface area contributed by atoms with Crippen molar-refractivity contribution in [3.63, 3.8) is 0 Å². The van der Waals surface area contributed by atoms with Gasteiger partial charge in [-0.2, -0.15) is 0 Å². The highest BCUT2D eigenvalue weighted by Gasteiger charge is 2.26. The average molecular weight is 717 g/mol. The number of aromatic nitrogens is 4. The smallest absolute Gasteiger partial charge is 0.161 e.